The third-order valence-corrected chi connectivity index (χ3v) is 3.00. The fourth-order valence-electron chi connectivity index (χ4n) is 2.04. The molecule has 6 nitrogen and oxygen atoms in total. The van der Waals surface area contributed by atoms with Crippen LogP contribution in [0.2, 0.25) is 0 Å². The van der Waals surface area contributed by atoms with Gasteiger partial charge in [0, 0.05) is 18.7 Å². The molecule has 2 rings (SSSR count). The minimum Gasteiger partial charge on any atom is -0.465 e. The number of nitrogens with one attached hydrogen (secondary N) is 1. The molecule has 1 aromatic rings. The molecule has 1 aliphatic rings. The summed E-state index contributed by atoms with van der Waals surface area (Å²) >= 11 is 0. The summed E-state index contributed by atoms with van der Waals surface area (Å²) in [4.78, 5) is 24.5. The van der Waals surface area contributed by atoms with E-state index in [0.717, 1.165) is 0 Å². The van der Waals surface area contributed by atoms with Crippen molar-refractivity contribution >= 4 is 12.0 Å². The SMILES string of the molecule is O=C(O)NCC1COCCN1C(=O)c1ccccc1. The fourth-order valence-corrected chi connectivity index (χ4v) is 2.04. The highest BCUT2D eigenvalue weighted by Gasteiger charge is 2.28. The van der Waals surface area contributed by atoms with Crippen LogP contribution in [-0.2, 0) is 4.74 Å². The van der Waals surface area contributed by atoms with Crippen LogP contribution in [0.5, 0.6) is 0 Å². The minimum atomic E-state index is -1.10. The van der Waals surface area contributed by atoms with Crippen molar-refractivity contribution < 1.29 is 19.4 Å². The molecule has 0 radical (unpaired) electrons. The molecule has 1 aliphatic heterocycles. The third-order valence-electron chi connectivity index (χ3n) is 3.00. The quantitative estimate of drug-likeness (QED) is 0.846. The summed E-state index contributed by atoms with van der Waals surface area (Å²) in [6.07, 6.45) is -1.10. The van der Waals surface area contributed by atoms with Gasteiger partial charge in [-0.2, -0.15) is 0 Å². The van der Waals surface area contributed by atoms with E-state index in [0.29, 0.717) is 25.3 Å². The molecule has 1 saturated heterocycles. The van der Waals surface area contributed by atoms with Gasteiger partial charge < -0.3 is 20.1 Å². The first-order chi connectivity index (χ1) is 9.18. The molecule has 1 unspecified atom stereocenters. The van der Waals surface area contributed by atoms with Crippen LogP contribution in [0, 0.1) is 0 Å². The summed E-state index contributed by atoms with van der Waals surface area (Å²) in [6.45, 7) is 1.47. The first-order valence-electron chi connectivity index (χ1n) is 6.09. The highest BCUT2D eigenvalue weighted by atomic mass is 16.5. The Bertz CT molecular complexity index is 449. The van der Waals surface area contributed by atoms with Crippen LogP contribution in [0.3, 0.4) is 0 Å². The second-order valence-corrected chi connectivity index (χ2v) is 4.28. The number of hydrogen-bond acceptors (Lipinski definition) is 3. The van der Waals surface area contributed by atoms with E-state index in [-0.39, 0.29) is 18.5 Å². The third kappa shape index (κ3) is 3.45. The van der Waals surface area contributed by atoms with Crippen molar-refractivity contribution in [2.75, 3.05) is 26.3 Å². The van der Waals surface area contributed by atoms with Crippen LogP contribution in [0.25, 0.3) is 0 Å². The number of morpholine rings is 1. The average molecular weight is 264 g/mol. The lowest BCUT2D eigenvalue weighted by atomic mass is 10.1. The molecule has 1 atom stereocenters. The number of carbonyl (C=O) groups excluding carboxylic acids is 1. The molecule has 6 heteroatoms. The van der Waals surface area contributed by atoms with Crippen LogP contribution in [0.15, 0.2) is 30.3 Å². The molecule has 1 fully saturated rings. The van der Waals surface area contributed by atoms with E-state index in [9.17, 15) is 9.59 Å². The number of rotatable bonds is 3. The lowest BCUT2D eigenvalue weighted by Crippen LogP contribution is -2.53. The van der Waals surface area contributed by atoms with Crippen LogP contribution < -0.4 is 5.32 Å². The largest absolute Gasteiger partial charge is 0.465 e. The van der Waals surface area contributed by atoms with E-state index in [1.165, 1.54) is 0 Å². The summed E-state index contributed by atoms with van der Waals surface area (Å²) in [7, 11) is 0. The molecule has 0 aromatic heterocycles. The van der Waals surface area contributed by atoms with Gasteiger partial charge in [-0.1, -0.05) is 18.2 Å². The zero-order valence-electron chi connectivity index (χ0n) is 10.4. The monoisotopic (exact) mass is 264 g/mol. The van der Waals surface area contributed by atoms with Crippen molar-refractivity contribution in [2.45, 2.75) is 6.04 Å². The van der Waals surface area contributed by atoms with E-state index >= 15 is 0 Å². The van der Waals surface area contributed by atoms with Gasteiger partial charge >= 0.3 is 6.09 Å². The molecule has 0 saturated carbocycles. The number of benzene rings is 1. The molecule has 0 spiro atoms. The minimum absolute atomic E-state index is 0.0962. The molecule has 1 heterocycles. The van der Waals surface area contributed by atoms with Crippen molar-refractivity contribution in [3.8, 4) is 0 Å². The Kier molecular flexibility index (Phi) is 4.35. The Morgan fingerprint density at radius 1 is 1.37 bits per heavy atom. The lowest BCUT2D eigenvalue weighted by molar-refractivity contribution is -0.00121. The summed E-state index contributed by atoms with van der Waals surface area (Å²) < 4.78 is 5.30. The van der Waals surface area contributed by atoms with Gasteiger partial charge in [-0.25, -0.2) is 4.79 Å². The van der Waals surface area contributed by atoms with Crippen molar-refractivity contribution in [3.05, 3.63) is 35.9 Å². The van der Waals surface area contributed by atoms with Crippen LogP contribution in [-0.4, -0.2) is 54.4 Å². The van der Waals surface area contributed by atoms with Crippen LogP contribution in [0.4, 0.5) is 4.79 Å². The number of carbonyl (C=O) groups is 2. The highest BCUT2D eigenvalue weighted by Crippen LogP contribution is 2.12. The van der Waals surface area contributed by atoms with Gasteiger partial charge in [-0.05, 0) is 12.1 Å². The second kappa shape index (κ2) is 6.19. The van der Waals surface area contributed by atoms with E-state index < -0.39 is 6.09 Å². The Balaban J connectivity index is 2.06. The molecule has 0 aliphatic carbocycles. The Morgan fingerprint density at radius 3 is 2.79 bits per heavy atom. The molecule has 102 valence electrons. The van der Waals surface area contributed by atoms with E-state index in [1.807, 2.05) is 6.07 Å². The fraction of sp³-hybridized carbons (Fsp3) is 0.385. The highest BCUT2D eigenvalue weighted by molar-refractivity contribution is 5.94. The maximum atomic E-state index is 12.3. The first kappa shape index (κ1) is 13.4. The van der Waals surface area contributed by atoms with Gasteiger partial charge in [-0.15, -0.1) is 0 Å². The number of nitrogens with zero attached hydrogens (tertiary/aromatic N) is 1. The van der Waals surface area contributed by atoms with Gasteiger partial charge in [0.1, 0.15) is 0 Å². The number of hydrogen-bond donors (Lipinski definition) is 2. The molecular weight excluding hydrogens is 248 g/mol. The van der Waals surface area contributed by atoms with E-state index in [1.54, 1.807) is 29.2 Å². The van der Waals surface area contributed by atoms with Crippen molar-refractivity contribution in [2.24, 2.45) is 0 Å². The van der Waals surface area contributed by atoms with Crippen molar-refractivity contribution in [1.29, 1.82) is 0 Å². The molecule has 2 N–H and O–H groups in total. The lowest BCUT2D eigenvalue weighted by Gasteiger charge is -2.35. The molecule has 19 heavy (non-hydrogen) atoms. The molecular formula is C13H16N2O4. The van der Waals surface area contributed by atoms with Gasteiger partial charge in [-0.3, -0.25) is 4.79 Å². The normalized spacial score (nSPS) is 18.9. The predicted octanol–water partition coefficient (Wildman–Crippen LogP) is 0.795. The number of amides is 2. The Morgan fingerprint density at radius 2 is 2.11 bits per heavy atom. The average Bonchev–Trinajstić information content (AvgIpc) is 2.45. The zero-order chi connectivity index (χ0) is 13.7. The maximum Gasteiger partial charge on any atom is 0.404 e. The summed E-state index contributed by atoms with van der Waals surface area (Å²) in [5.41, 5.74) is 0.602. The topological polar surface area (TPSA) is 78.9 Å². The Labute approximate surface area is 111 Å². The number of ether oxygens (including phenoxy) is 1. The van der Waals surface area contributed by atoms with Gasteiger partial charge in [0.2, 0.25) is 0 Å². The smallest absolute Gasteiger partial charge is 0.404 e. The van der Waals surface area contributed by atoms with Gasteiger partial charge in [0.15, 0.2) is 0 Å². The first-order valence-corrected chi connectivity index (χ1v) is 6.09. The maximum absolute atomic E-state index is 12.3. The summed E-state index contributed by atoms with van der Waals surface area (Å²) in [6, 6.07) is 8.69. The van der Waals surface area contributed by atoms with Crippen molar-refractivity contribution in [3.63, 3.8) is 0 Å². The second-order valence-electron chi connectivity index (χ2n) is 4.28. The van der Waals surface area contributed by atoms with E-state index in [4.69, 9.17) is 9.84 Å². The van der Waals surface area contributed by atoms with Crippen LogP contribution >= 0.6 is 0 Å². The van der Waals surface area contributed by atoms with Gasteiger partial charge in [0.25, 0.3) is 5.91 Å². The molecule has 2 amide bonds. The summed E-state index contributed by atoms with van der Waals surface area (Å²) in [5.74, 6) is -0.0962. The summed E-state index contributed by atoms with van der Waals surface area (Å²) in [5, 5.41) is 10.9. The molecule has 1 aromatic carbocycles. The van der Waals surface area contributed by atoms with Crippen molar-refractivity contribution in [1.82, 2.24) is 10.2 Å². The zero-order valence-corrected chi connectivity index (χ0v) is 10.4. The molecule has 0 bridgehead atoms. The standard InChI is InChI=1S/C13H16N2O4/c16-12(10-4-2-1-3-5-10)15-6-7-19-9-11(15)8-14-13(17)18/h1-5,11,14H,6-9H2,(H,17,18). The van der Waals surface area contributed by atoms with Gasteiger partial charge in [0.05, 0.1) is 19.3 Å². The Hall–Kier alpha value is -2.08. The van der Waals surface area contributed by atoms with Crippen LogP contribution in [0.1, 0.15) is 10.4 Å². The predicted molar refractivity (Wildman–Crippen MR) is 68.1 cm³/mol. The number of carboxylic acid groups (broad SMARTS) is 1. The van der Waals surface area contributed by atoms with E-state index in [2.05, 4.69) is 5.32 Å².